The number of piperazine rings is 1. The van der Waals surface area contributed by atoms with Crippen molar-refractivity contribution in [2.45, 2.75) is 13.3 Å². The molecular formula is C13H19N3O. The molecule has 0 atom stereocenters. The van der Waals surface area contributed by atoms with Crippen LogP contribution in [-0.2, 0) is 11.2 Å². The summed E-state index contributed by atoms with van der Waals surface area (Å²) in [6.45, 7) is 6.07. The Labute approximate surface area is 102 Å². The minimum Gasteiger partial charge on any atom is -0.369 e. The van der Waals surface area contributed by atoms with Crippen molar-refractivity contribution in [1.29, 1.82) is 0 Å². The van der Waals surface area contributed by atoms with Gasteiger partial charge >= 0.3 is 0 Å². The lowest BCUT2D eigenvalue weighted by Crippen LogP contribution is -2.43. The second-order valence-electron chi connectivity index (χ2n) is 4.49. The van der Waals surface area contributed by atoms with Crippen molar-refractivity contribution < 1.29 is 4.79 Å². The van der Waals surface area contributed by atoms with Crippen LogP contribution in [0.15, 0.2) is 18.2 Å². The molecule has 2 rings (SSSR count). The van der Waals surface area contributed by atoms with Crippen LogP contribution in [0, 0.1) is 6.92 Å². The molecule has 0 saturated carbocycles. The van der Waals surface area contributed by atoms with Crippen molar-refractivity contribution in [2.75, 3.05) is 31.1 Å². The van der Waals surface area contributed by atoms with Gasteiger partial charge in [0.15, 0.2) is 0 Å². The summed E-state index contributed by atoms with van der Waals surface area (Å²) < 4.78 is 0. The summed E-state index contributed by atoms with van der Waals surface area (Å²) in [4.78, 5) is 13.3. The Hall–Kier alpha value is -1.55. The zero-order valence-electron chi connectivity index (χ0n) is 10.2. The van der Waals surface area contributed by atoms with Crippen molar-refractivity contribution in [3.8, 4) is 0 Å². The third-order valence-corrected chi connectivity index (χ3v) is 3.18. The van der Waals surface area contributed by atoms with Crippen LogP contribution >= 0.6 is 0 Å². The third kappa shape index (κ3) is 2.97. The van der Waals surface area contributed by atoms with Gasteiger partial charge in [-0.25, -0.2) is 0 Å². The van der Waals surface area contributed by atoms with Crippen LogP contribution in [-0.4, -0.2) is 32.1 Å². The largest absolute Gasteiger partial charge is 0.369 e. The molecule has 1 fully saturated rings. The first-order chi connectivity index (χ1) is 8.16. The molecule has 0 bridgehead atoms. The third-order valence-electron chi connectivity index (χ3n) is 3.18. The Morgan fingerprint density at radius 2 is 2.12 bits per heavy atom. The highest BCUT2D eigenvalue weighted by atomic mass is 16.1. The lowest BCUT2D eigenvalue weighted by Gasteiger charge is -2.30. The maximum Gasteiger partial charge on any atom is 0.221 e. The summed E-state index contributed by atoms with van der Waals surface area (Å²) >= 11 is 0. The van der Waals surface area contributed by atoms with Gasteiger partial charge in [0.1, 0.15) is 0 Å². The van der Waals surface area contributed by atoms with E-state index < -0.39 is 0 Å². The SMILES string of the molecule is Cc1ccc(N2CCNCC2)cc1CC(N)=O. The van der Waals surface area contributed by atoms with E-state index in [1.54, 1.807) is 0 Å². The van der Waals surface area contributed by atoms with Crippen LogP contribution < -0.4 is 16.0 Å². The fourth-order valence-corrected chi connectivity index (χ4v) is 2.16. The van der Waals surface area contributed by atoms with Crippen LogP contribution in [0.25, 0.3) is 0 Å². The number of anilines is 1. The van der Waals surface area contributed by atoms with E-state index in [1.165, 1.54) is 5.69 Å². The summed E-state index contributed by atoms with van der Waals surface area (Å²) in [6.07, 6.45) is 0.325. The van der Waals surface area contributed by atoms with Crippen molar-refractivity contribution in [3.63, 3.8) is 0 Å². The van der Waals surface area contributed by atoms with Crippen LogP contribution in [0.2, 0.25) is 0 Å². The molecule has 1 aliphatic rings. The van der Waals surface area contributed by atoms with E-state index in [0.29, 0.717) is 6.42 Å². The summed E-state index contributed by atoms with van der Waals surface area (Å²) in [6, 6.07) is 6.27. The average molecular weight is 233 g/mol. The summed E-state index contributed by atoms with van der Waals surface area (Å²) in [5.41, 5.74) is 8.61. The second-order valence-corrected chi connectivity index (χ2v) is 4.49. The molecular weight excluding hydrogens is 214 g/mol. The molecule has 0 spiro atoms. The number of aryl methyl sites for hydroxylation is 1. The molecule has 1 saturated heterocycles. The molecule has 4 nitrogen and oxygen atoms in total. The minimum atomic E-state index is -0.273. The Morgan fingerprint density at radius 3 is 2.76 bits per heavy atom. The molecule has 0 radical (unpaired) electrons. The normalized spacial score (nSPS) is 15.9. The predicted molar refractivity (Wildman–Crippen MR) is 69.2 cm³/mol. The van der Waals surface area contributed by atoms with Crippen molar-refractivity contribution in [2.24, 2.45) is 5.73 Å². The van der Waals surface area contributed by atoms with Gasteiger partial charge in [-0.05, 0) is 30.2 Å². The van der Waals surface area contributed by atoms with Crippen molar-refractivity contribution in [1.82, 2.24) is 5.32 Å². The number of nitrogens with one attached hydrogen (secondary N) is 1. The number of rotatable bonds is 3. The van der Waals surface area contributed by atoms with Gasteiger partial charge in [-0.15, -0.1) is 0 Å². The highest BCUT2D eigenvalue weighted by molar-refractivity contribution is 5.77. The number of primary amides is 1. The Bertz CT molecular complexity index is 411. The Morgan fingerprint density at radius 1 is 1.41 bits per heavy atom. The van der Waals surface area contributed by atoms with Crippen molar-refractivity contribution >= 4 is 11.6 Å². The average Bonchev–Trinajstić information content (AvgIpc) is 2.32. The van der Waals surface area contributed by atoms with Gasteiger partial charge in [-0.3, -0.25) is 4.79 Å². The smallest absolute Gasteiger partial charge is 0.221 e. The summed E-state index contributed by atoms with van der Waals surface area (Å²) in [5, 5.41) is 3.33. The molecule has 17 heavy (non-hydrogen) atoms. The Kier molecular flexibility index (Phi) is 3.64. The molecule has 3 N–H and O–H groups in total. The number of carbonyl (C=O) groups excluding carboxylic acids is 1. The number of carbonyl (C=O) groups is 1. The molecule has 0 aromatic heterocycles. The van der Waals surface area contributed by atoms with Crippen LogP contribution in [0.5, 0.6) is 0 Å². The van der Waals surface area contributed by atoms with Gasteiger partial charge in [0, 0.05) is 31.9 Å². The van der Waals surface area contributed by atoms with E-state index >= 15 is 0 Å². The summed E-state index contributed by atoms with van der Waals surface area (Å²) in [5.74, 6) is -0.273. The van der Waals surface area contributed by atoms with E-state index in [9.17, 15) is 4.79 Å². The van der Waals surface area contributed by atoms with Gasteiger partial charge < -0.3 is 16.0 Å². The number of amides is 1. The first-order valence-corrected chi connectivity index (χ1v) is 6.00. The van der Waals surface area contributed by atoms with Gasteiger partial charge in [0.25, 0.3) is 0 Å². The molecule has 4 heteroatoms. The minimum absolute atomic E-state index is 0.273. The van der Waals surface area contributed by atoms with Crippen molar-refractivity contribution in [3.05, 3.63) is 29.3 Å². The summed E-state index contributed by atoms with van der Waals surface area (Å²) in [7, 11) is 0. The van der Waals surface area contributed by atoms with Crippen LogP contribution in [0.4, 0.5) is 5.69 Å². The fraction of sp³-hybridized carbons (Fsp3) is 0.462. The van der Waals surface area contributed by atoms with Gasteiger partial charge in [-0.2, -0.15) is 0 Å². The monoisotopic (exact) mass is 233 g/mol. The lowest BCUT2D eigenvalue weighted by atomic mass is 10.0. The highest BCUT2D eigenvalue weighted by Gasteiger charge is 2.12. The zero-order valence-corrected chi connectivity index (χ0v) is 10.2. The zero-order chi connectivity index (χ0) is 12.3. The molecule has 1 amide bonds. The highest BCUT2D eigenvalue weighted by Crippen LogP contribution is 2.20. The Balaban J connectivity index is 2.20. The first kappa shape index (κ1) is 11.9. The molecule has 1 aromatic rings. The molecule has 0 aliphatic carbocycles. The van der Waals surface area contributed by atoms with E-state index in [2.05, 4.69) is 28.4 Å². The van der Waals surface area contributed by atoms with E-state index in [1.807, 2.05) is 6.92 Å². The number of hydrogen-bond donors (Lipinski definition) is 2. The van der Waals surface area contributed by atoms with E-state index in [0.717, 1.165) is 37.3 Å². The molecule has 0 unspecified atom stereocenters. The number of benzene rings is 1. The van der Waals surface area contributed by atoms with Gasteiger partial charge in [0.2, 0.25) is 5.91 Å². The number of nitrogens with two attached hydrogens (primary N) is 1. The van der Waals surface area contributed by atoms with E-state index in [4.69, 9.17) is 5.73 Å². The number of hydrogen-bond acceptors (Lipinski definition) is 3. The van der Waals surface area contributed by atoms with Crippen LogP contribution in [0.1, 0.15) is 11.1 Å². The molecule has 1 heterocycles. The number of nitrogens with zero attached hydrogens (tertiary/aromatic N) is 1. The maximum absolute atomic E-state index is 11.0. The van der Waals surface area contributed by atoms with Gasteiger partial charge in [0.05, 0.1) is 6.42 Å². The molecule has 92 valence electrons. The van der Waals surface area contributed by atoms with Crippen LogP contribution in [0.3, 0.4) is 0 Å². The molecule has 1 aromatic carbocycles. The fourth-order valence-electron chi connectivity index (χ4n) is 2.16. The quantitative estimate of drug-likeness (QED) is 0.796. The lowest BCUT2D eigenvalue weighted by molar-refractivity contribution is -0.117. The maximum atomic E-state index is 11.0. The first-order valence-electron chi connectivity index (χ1n) is 6.00. The predicted octanol–water partition coefficient (Wildman–Crippen LogP) is 0.432. The topological polar surface area (TPSA) is 58.4 Å². The molecule has 1 aliphatic heterocycles. The van der Waals surface area contributed by atoms with Gasteiger partial charge in [-0.1, -0.05) is 6.07 Å². The standard InChI is InChI=1S/C13H19N3O/c1-10-2-3-12(8-11(10)9-13(14)17)16-6-4-15-5-7-16/h2-3,8,15H,4-7,9H2,1H3,(H2,14,17). The second kappa shape index (κ2) is 5.19. The van der Waals surface area contributed by atoms with E-state index in [-0.39, 0.29) is 5.91 Å².